The monoisotopic (exact) mass is 447 g/mol. The third kappa shape index (κ3) is 4.46. The van der Waals surface area contributed by atoms with E-state index in [1.807, 2.05) is 0 Å². The van der Waals surface area contributed by atoms with Crippen LogP contribution in [0.2, 0.25) is 5.02 Å². The average molecular weight is 448 g/mol. The molecule has 1 N–H and O–H groups in total. The highest BCUT2D eigenvalue weighted by Gasteiger charge is 2.23. The molecule has 0 aliphatic rings. The van der Waals surface area contributed by atoms with E-state index in [0.717, 1.165) is 30.0 Å². The van der Waals surface area contributed by atoms with Crippen molar-refractivity contribution >= 4 is 11.6 Å². The number of nitrogens with zero attached hydrogens (tertiary/aromatic N) is 5. The van der Waals surface area contributed by atoms with Gasteiger partial charge in [0.1, 0.15) is 23.8 Å². The molecule has 2 heterocycles. The first kappa shape index (κ1) is 22.1. The lowest BCUT2D eigenvalue weighted by atomic mass is 10.2. The van der Waals surface area contributed by atoms with Gasteiger partial charge in [0.05, 0.1) is 24.0 Å². The van der Waals surface area contributed by atoms with Crippen molar-refractivity contribution in [3.8, 4) is 23.4 Å². The fourth-order valence-electron chi connectivity index (χ4n) is 2.88. The summed E-state index contributed by atoms with van der Waals surface area (Å²) in [5, 5.41) is 19.1. The number of aromatic hydroxyl groups is 1. The smallest absolute Gasteiger partial charge is 0.297 e. The van der Waals surface area contributed by atoms with Crippen molar-refractivity contribution in [2.75, 3.05) is 0 Å². The second-order valence-electron chi connectivity index (χ2n) is 6.65. The molecule has 1 atom stereocenters. The van der Waals surface area contributed by atoms with Crippen molar-refractivity contribution < 1.29 is 18.6 Å². The maximum Gasteiger partial charge on any atom is 0.297 e. The molecule has 0 radical (unpaired) electrons. The van der Waals surface area contributed by atoms with Gasteiger partial charge in [-0.1, -0.05) is 11.6 Å². The number of halogens is 3. The van der Waals surface area contributed by atoms with Crippen LogP contribution in [0.4, 0.5) is 8.78 Å². The molecule has 31 heavy (non-hydrogen) atoms. The van der Waals surface area contributed by atoms with E-state index in [1.165, 1.54) is 0 Å². The van der Waals surface area contributed by atoms with Crippen LogP contribution in [0, 0.1) is 31.0 Å². The maximum absolute atomic E-state index is 14.5. The van der Waals surface area contributed by atoms with Crippen LogP contribution in [0.3, 0.4) is 0 Å². The average Bonchev–Trinajstić information content (AvgIpc) is 2.69. The standard InChI is InChI=1S/C20H16ClF2N5O3/c1-9(22)17-18(31-15-5-13(21)4-12(6-24)16(15)23)20(30)28(8-25-17)7-14-10(2)26-11(3)27-19(14)29/h4-5,8-9H,7H2,1-3H3,(H,26,27,29). The molecule has 0 fully saturated rings. The Bertz CT molecular complexity index is 1250. The van der Waals surface area contributed by atoms with E-state index in [4.69, 9.17) is 21.6 Å². The van der Waals surface area contributed by atoms with Crippen molar-refractivity contribution in [1.29, 1.82) is 5.26 Å². The molecular weight excluding hydrogens is 432 g/mol. The molecule has 0 bridgehead atoms. The molecule has 160 valence electrons. The van der Waals surface area contributed by atoms with Crippen molar-refractivity contribution in [2.45, 2.75) is 33.5 Å². The first-order valence-electron chi connectivity index (χ1n) is 8.95. The Balaban J connectivity index is 2.13. The van der Waals surface area contributed by atoms with Crippen molar-refractivity contribution in [2.24, 2.45) is 0 Å². The van der Waals surface area contributed by atoms with Gasteiger partial charge < -0.3 is 9.84 Å². The lowest BCUT2D eigenvalue weighted by molar-refractivity contribution is 0.340. The Hall–Kier alpha value is -3.58. The van der Waals surface area contributed by atoms with E-state index in [9.17, 15) is 18.7 Å². The van der Waals surface area contributed by atoms with Crippen LogP contribution >= 0.6 is 11.6 Å². The Kier molecular flexibility index (Phi) is 6.17. The van der Waals surface area contributed by atoms with E-state index in [2.05, 4.69) is 15.0 Å². The molecular formula is C20H16ClF2N5O3. The molecule has 8 nitrogen and oxygen atoms in total. The van der Waals surface area contributed by atoms with Gasteiger partial charge in [0.2, 0.25) is 11.6 Å². The summed E-state index contributed by atoms with van der Waals surface area (Å²) in [6, 6.07) is 3.77. The lowest BCUT2D eigenvalue weighted by Crippen LogP contribution is -2.25. The predicted octanol–water partition coefficient (Wildman–Crippen LogP) is 3.89. The number of nitriles is 1. The van der Waals surface area contributed by atoms with E-state index in [0.29, 0.717) is 11.5 Å². The summed E-state index contributed by atoms with van der Waals surface area (Å²) in [5.41, 5.74) is -0.921. The number of alkyl halides is 1. The molecule has 3 aromatic rings. The van der Waals surface area contributed by atoms with Crippen LogP contribution in [0.1, 0.15) is 41.4 Å². The number of aromatic nitrogens is 4. The Morgan fingerprint density at radius 3 is 2.68 bits per heavy atom. The molecule has 0 aliphatic heterocycles. The fraction of sp³-hybridized carbons (Fsp3) is 0.250. The highest BCUT2D eigenvalue weighted by Crippen LogP contribution is 2.32. The minimum absolute atomic E-state index is 0.00985. The highest BCUT2D eigenvalue weighted by molar-refractivity contribution is 6.30. The number of ether oxygens (including phenoxy) is 1. The van der Waals surface area contributed by atoms with Crippen molar-refractivity contribution in [1.82, 2.24) is 19.5 Å². The van der Waals surface area contributed by atoms with Gasteiger partial charge in [-0.25, -0.2) is 18.7 Å². The third-order valence-corrected chi connectivity index (χ3v) is 4.59. The van der Waals surface area contributed by atoms with Gasteiger partial charge in [0.25, 0.3) is 5.56 Å². The zero-order valence-electron chi connectivity index (χ0n) is 16.7. The summed E-state index contributed by atoms with van der Waals surface area (Å²) < 4.78 is 35.0. The zero-order chi connectivity index (χ0) is 22.9. The topological polar surface area (TPSA) is 114 Å². The molecule has 1 aromatic carbocycles. The van der Waals surface area contributed by atoms with Crippen LogP contribution in [0.5, 0.6) is 17.4 Å². The second kappa shape index (κ2) is 8.65. The normalized spacial score (nSPS) is 11.8. The molecule has 0 spiro atoms. The third-order valence-electron chi connectivity index (χ3n) is 4.37. The molecule has 0 amide bonds. The van der Waals surface area contributed by atoms with Crippen LogP contribution in [-0.4, -0.2) is 24.6 Å². The Morgan fingerprint density at radius 1 is 1.35 bits per heavy atom. The van der Waals surface area contributed by atoms with Gasteiger partial charge in [-0.15, -0.1) is 0 Å². The zero-order valence-corrected chi connectivity index (χ0v) is 17.4. The summed E-state index contributed by atoms with van der Waals surface area (Å²) in [7, 11) is 0. The highest BCUT2D eigenvalue weighted by atomic mass is 35.5. The summed E-state index contributed by atoms with van der Waals surface area (Å²) in [6.07, 6.45) is -0.637. The molecule has 3 rings (SSSR count). The van der Waals surface area contributed by atoms with Gasteiger partial charge in [0.15, 0.2) is 11.6 Å². The van der Waals surface area contributed by atoms with E-state index in [1.54, 1.807) is 19.9 Å². The van der Waals surface area contributed by atoms with Crippen LogP contribution in [-0.2, 0) is 6.54 Å². The lowest BCUT2D eigenvalue weighted by Gasteiger charge is -2.15. The summed E-state index contributed by atoms with van der Waals surface area (Å²) in [5.74, 6) is -2.13. The molecule has 2 aromatic heterocycles. The Labute approximate surface area is 180 Å². The number of rotatable bonds is 5. The molecule has 0 saturated carbocycles. The van der Waals surface area contributed by atoms with Gasteiger partial charge in [0, 0.05) is 16.8 Å². The van der Waals surface area contributed by atoms with Crippen LogP contribution in [0.25, 0.3) is 0 Å². The van der Waals surface area contributed by atoms with Gasteiger partial charge in [-0.2, -0.15) is 10.2 Å². The Morgan fingerprint density at radius 2 is 2.06 bits per heavy atom. The van der Waals surface area contributed by atoms with E-state index >= 15 is 0 Å². The van der Waals surface area contributed by atoms with Crippen LogP contribution < -0.4 is 10.3 Å². The number of hydrogen-bond acceptors (Lipinski definition) is 7. The molecule has 11 heteroatoms. The minimum Gasteiger partial charge on any atom is -0.493 e. The quantitative estimate of drug-likeness (QED) is 0.631. The van der Waals surface area contributed by atoms with Gasteiger partial charge >= 0.3 is 0 Å². The first-order chi connectivity index (χ1) is 14.6. The SMILES string of the molecule is Cc1nc(C)c(Cn2cnc(C(C)F)c(Oc3cc(Cl)cc(C#N)c3F)c2=O)c(O)n1. The minimum atomic E-state index is -1.71. The summed E-state index contributed by atoms with van der Waals surface area (Å²) in [4.78, 5) is 25.0. The van der Waals surface area contributed by atoms with Gasteiger partial charge in [-0.3, -0.25) is 9.36 Å². The number of aryl methyl sites for hydroxylation is 2. The largest absolute Gasteiger partial charge is 0.493 e. The summed E-state index contributed by atoms with van der Waals surface area (Å²) in [6.45, 7) is 4.17. The molecule has 0 aliphatic carbocycles. The summed E-state index contributed by atoms with van der Waals surface area (Å²) >= 11 is 5.88. The number of benzene rings is 1. The van der Waals surface area contributed by atoms with Crippen molar-refractivity contribution in [3.63, 3.8) is 0 Å². The van der Waals surface area contributed by atoms with Gasteiger partial charge in [-0.05, 0) is 26.8 Å². The first-order valence-corrected chi connectivity index (χ1v) is 9.33. The molecule has 1 unspecified atom stereocenters. The maximum atomic E-state index is 14.5. The molecule has 0 saturated heterocycles. The fourth-order valence-corrected chi connectivity index (χ4v) is 3.09. The van der Waals surface area contributed by atoms with E-state index < -0.39 is 34.6 Å². The second-order valence-corrected chi connectivity index (χ2v) is 7.08. The number of hydrogen-bond donors (Lipinski definition) is 1. The van der Waals surface area contributed by atoms with E-state index in [-0.39, 0.29) is 28.7 Å². The van der Waals surface area contributed by atoms with Crippen molar-refractivity contribution in [3.05, 3.63) is 68.0 Å². The predicted molar refractivity (Wildman–Crippen MR) is 106 cm³/mol. The van der Waals surface area contributed by atoms with Crippen LogP contribution in [0.15, 0.2) is 23.3 Å².